The zero-order chi connectivity index (χ0) is 18.9. The van der Waals surface area contributed by atoms with Gasteiger partial charge in [-0.3, -0.25) is 9.59 Å². The first-order valence-electron chi connectivity index (χ1n) is 9.13. The van der Waals surface area contributed by atoms with E-state index in [4.69, 9.17) is 10.5 Å². The van der Waals surface area contributed by atoms with Gasteiger partial charge in [-0.05, 0) is 43.4 Å². The van der Waals surface area contributed by atoms with Crippen LogP contribution in [-0.2, 0) is 16.0 Å². The molecule has 0 bridgehead atoms. The van der Waals surface area contributed by atoms with Crippen molar-refractivity contribution in [2.75, 3.05) is 26.7 Å². The van der Waals surface area contributed by atoms with Gasteiger partial charge in [-0.25, -0.2) is 4.39 Å². The number of rotatable bonds is 8. The van der Waals surface area contributed by atoms with Gasteiger partial charge in [0.25, 0.3) is 0 Å². The molecule has 1 atom stereocenters. The minimum absolute atomic E-state index is 0.0191. The number of likely N-dealkylation sites (tertiary alicyclic amines) is 1. The second kappa shape index (κ2) is 10.1. The topological polar surface area (TPSA) is 84.7 Å². The van der Waals surface area contributed by atoms with Gasteiger partial charge in [0.1, 0.15) is 0 Å². The van der Waals surface area contributed by atoms with E-state index in [1.54, 1.807) is 12.1 Å². The number of ether oxygens (including phenoxy) is 1. The van der Waals surface area contributed by atoms with Gasteiger partial charge in [-0.15, -0.1) is 0 Å². The van der Waals surface area contributed by atoms with E-state index in [1.807, 2.05) is 4.90 Å². The molecule has 1 saturated heterocycles. The summed E-state index contributed by atoms with van der Waals surface area (Å²) in [7, 11) is 1.42. The van der Waals surface area contributed by atoms with Gasteiger partial charge in [0, 0.05) is 38.5 Å². The number of hydrogen-bond donors (Lipinski definition) is 2. The molecule has 1 heterocycles. The van der Waals surface area contributed by atoms with E-state index in [2.05, 4.69) is 5.32 Å². The van der Waals surface area contributed by atoms with Crippen LogP contribution < -0.4 is 15.8 Å². The summed E-state index contributed by atoms with van der Waals surface area (Å²) in [6, 6.07) is 4.78. The Bertz CT molecular complexity index is 624. The third-order valence-electron chi connectivity index (χ3n) is 4.70. The molecule has 1 aliphatic heterocycles. The molecule has 0 aromatic heterocycles. The Balaban J connectivity index is 1.89. The predicted octanol–water partition coefficient (Wildman–Crippen LogP) is 1.61. The fourth-order valence-electron chi connectivity index (χ4n) is 3.25. The summed E-state index contributed by atoms with van der Waals surface area (Å²) in [5, 5.41) is 2.86. The van der Waals surface area contributed by atoms with Crippen LogP contribution in [0.2, 0.25) is 0 Å². The summed E-state index contributed by atoms with van der Waals surface area (Å²) in [4.78, 5) is 26.1. The number of carbonyl (C=O) groups excluding carboxylic acids is 2. The van der Waals surface area contributed by atoms with Crippen LogP contribution in [-0.4, -0.2) is 49.5 Å². The quantitative estimate of drug-likeness (QED) is 0.733. The summed E-state index contributed by atoms with van der Waals surface area (Å²) >= 11 is 0. The first-order valence-corrected chi connectivity index (χ1v) is 9.13. The highest BCUT2D eigenvalue weighted by molar-refractivity contribution is 5.78. The molecule has 1 unspecified atom stereocenters. The van der Waals surface area contributed by atoms with Crippen LogP contribution in [0.3, 0.4) is 0 Å². The van der Waals surface area contributed by atoms with Gasteiger partial charge in [0.2, 0.25) is 11.8 Å². The number of nitrogens with one attached hydrogen (secondary N) is 1. The van der Waals surface area contributed by atoms with Crippen molar-refractivity contribution >= 4 is 11.8 Å². The number of nitrogens with two attached hydrogens (primary N) is 1. The van der Waals surface area contributed by atoms with Crippen LogP contribution in [0.4, 0.5) is 4.39 Å². The molecule has 2 amide bonds. The monoisotopic (exact) mass is 365 g/mol. The maximum absolute atomic E-state index is 13.8. The summed E-state index contributed by atoms with van der Waals surface area (Å²) in [5.74, 6) is -0.265. The molecule has 144 valence electrons. The van der Waals surface area contributed by atoms with Crippen LogP contribution in [0.25, 0.3) is 0 Å². The predicted molar refractivity (Wildman–Crippen MR) is 97.3 cm³/mol. The third-order valence-corrected chi connectivity index (χ3v) is 4.70. The molecule has 6 nitrogen and oxygen atoms in total. The van der Waals surface area contributed by atoms with Crippen molar-refractivity contribution < 1.29 is 18.7 Å². The van der Waals surface area contributed by atoms with E-state index in [0.29, 0.717) is 38.9 Å². The highest BCUT2D eigenvalue weighted by Gasteiger charge is 2.26. The molecule has 1 fully saturated rings. The van der Waals surface area contributed by atoms with E-state index in [-0.39, 0.29) is 23.6 Å². The van der Waals surface area contributed by atoms with Gasteiger partial charge < -0.3 is 20.7 Å². The highest BCUT2D eigenvalue weighted by Crippen LogP contribution is 2.21. The SMILES string of the molecule is COc1ccc(CCC(=O)N2CCCCC2CNC(=O)CCN)cc1F. The Morgan fingerprint density at radius 3 is 2.85 bits per heavy atom. The van der Waals surface area contributed by atoms with E-state index in [0.717, 1.165) is 24.8 Å². The smallest absolute Gasteiger partial charge is 0.223 e. The second-order valence-corrected chi connectivity index (χ2v) is 6.55. The van der Waals surface area contributed by atoms with E-state index in [1.165, 1.54) is 13.2 Å². The maximum Gasteiger partial charge on any atom is 0.223 e. The minimum Gasteiger partial charge on any atom is -0.494 e. The first-order chi connectivity index (χ1) is 12.5. The zero-order valence-corrected chi connectivity index (χ0v) is 15.3. The Hall–Kier alpha value is -2.15. The molecule has 7 heteroatoms. The molecular weight excluding hydrogens is 337 g/mol. The standard InChI is InChI=1S/C19H28FN3O3/c1-26-17-7-5-14(12-16(17)20)6-8-19(25)23-11-3-2-4-15(23)13-22-18(24)9-10-21/h5,7,12,15H,2-4,6,8-11,13,21H2,1H3,(H,22,24). The normalized spacial score (nSPS) is 17.0. The number of benzene rings is 1. The summed E-state index contributed by atoms with van der Waals surface area (Å²) in [6.07, 6.45) is 3.98. The summed E-state index contributed by atoms with van der Waals surface area (Å²) < 4.78 is 18.7. The maximum atomic E-state index is 13.8. The number of aryl methyl sites for hydroxylation is 1. The molecule has 26 heavy (non-hydrogen) atoms. The Morgan fingerprint density at radius 2 is 2.15 bits per heavy atom. The van der Waals surface area contributed by atoms with Crippen LogP contribution in [0, 0.1) is 5.82 Å². The number of methoxy groups -OCH3 is 1. The van der Waals surface area contributed by atoms with Crippen molar-refractivity contribution in [3.8, 4) is 5.75 Å². The lowest BCUT2D eigenvalue weighted by molar-refractivity contribution is -0.135. The van der Waals surface area contributed by atoms with Crippen molar-refractivity contribution in [2.45, 2.75) is 44.6 Å². The fourth-order valence-corrected chi connectivity index (χ4v) is 3.25. The largest absolute Gasteiger partial charge is 0.494 e. The van der Waals surface area contributed by atoms with Crippen molar-refractivity contribution in [3.05, 3.63) is 29.6 Å². The average Bonchev–Trinajstić information content (AvgIpc) is 2.65. The molecule has 1 aromatic carbocycles. The van der Waals surface area contributed by atoms with Crippen LogP contribution in [0.15, 0.2) is 18.2 Å². The third kappa shape index (κ3) is 5.69. The highest BCUT2D eigenvalue weighted by atomic mass is 19.1. The van der Waals surface area contributed by atoms with Crippen molar-refractivity contribution in [1.82, 2.24) is 10.2 Å². The molecule has 1 aliphatic rings. The van der Waals surface area contributed by atoms with E-state index in [9.17, 15) is 14.0 Å². The fraction of sp³-hybridized carbons (Fsp3) is 0.579. The van der Waals surface area contributed by atoms with Crippen LogP contribution in [0.5, 0.6) is 5.75 Å². The first kappa shape index (κ1) is 20.2. The lowest BCUT2D eigenvalue weighted by Gasteiger charge is -2.36. The van der Waals surface area contributed by atoms with Gasteiger partial charge in [-0.2, -0.15) is 0 Å². The number of amides is 2. The van der Waals surface area contributed by atoms with Crippen molar-refractivity contribution in [1.29, 1.82) is 0 Å². The Kier molecular flexibility index (Phi) is 7.84. The summed E-state index contributed by atoms with van der Waals surface area (Å²) in [5.41, 5.74) is 6.14. The molecule has 3 N–H and O–H groups in total. The average molecular weight is 365 g/mol. The molecule has 0 saturated carbocycles. The molecule has 0 radical (unpaired) electrons. The number of halogens is 1. The molecular formula is C19H28FN3O3. The van der Waals surface area contributed by atoms with Gasteiger partial charge >= 0.3 is 0 Å². The lowest BCUT2D eigenvalue weighted by atomic mass is 10.0. The number of carbonyl (C=O) groups is 2. The van der Waals surface area contributed by atoms with Crippen LogP contribution >= 0.6 is 0 Å². The second-order valence-electron chi connectivity index (χ2n) is 6.55. The van der Waals surface area contributed by atoms with E-state index < -0.39 is 5.82 Å². The van der Waals surface area contributed by atoms with Crippen molar-refractivity contribution in [2.24, 2.45) is 5.73 Å². The van der Waals surface area contributed by atoms with E-state index >= 15 is 0 Å². The van der Waals surface area contributed by atoms with Gasteiger partial charge in [0.05, 0.1) is 7.11 Å². The van der Waals surface area contributed by atoms with Gasteiger partial charge in [0.15, 0.2) is 11.6 Å². The number of nitrogens with zero attached hydrogens (tertiary/aromatic N) is 1. The zero-order valence-electron chi connectivity index (χ0n) is 15.3. The molecule has 0 aliphatic carbocycles. The lowest BCUT2D eigenvalue weighted by Crippen LogP contribution is -2.49. The molecule has 0 spiro atoms. The Labute approximate surface area is 153 Å². The van der Waals surface area contributed by atoms with Gasteiger partial charge in [-0.1, -0.05) is 6.07 Å². The summed E-state index contributed by atoms with van der Waals surface area (Å²) in [6.45, 7) is 1.48. The Morgan fingerprint density at radius 1 is 1.35 bits per heavy atom. The molecule has 1 aromatic rings. The number of piperidine rings is 1. The van der Waals surface area contributed by atoms with Crippen molar-refractivity contribution in [3.63, 3.8) is 0 Å². The molecule has 2 rings (SSSR count). The number of hydrogen-bond acceptors (Lipinski definition) is 4. The van der Waals surface area contributed by atoms with Crippen LogP contribution in [0.1, 0.15) is 37.7 Å². The minimum atomic E-state index is -0.420.